The van der Waals surface area contributed by atoms with Crippen molar-refractivity contribution < 1.29 is 31.9 Å². The van der Waals surface area contributed by atoms with E-state index in [1.807, 2.05) is 0 Å². The molecule has 47 heavy (non-hydrogen) atoms. The number of fused-ring (bicyclic) bond motifs is 1. The lowest BCUT2D eigenvalue weighted by atomic mass is 9.73. The van der Waals surface area contributed by atoms with Crippen LogP contribution < -0.4 is 14.9 Å². The van der Waals surface area contributed by atoms with E-state index in [-0.39, 0.29) is 47.5 Å². The number of sulfonamides is 1. The van der Waals surface area contributed by atoms with Crippen LogP contribution in [0.3, 0.4) is 0 Å². The Kier molecular flexibility index (Phi) is 8.28. The zero-order valence-corrected chi connectivity index (χ0v) is 26.6. The molecule has 13 heteroatoms. The van der Waals surface area contributed by atoms with Gasteiger partial charge in [0.2, 0.25) is 10.0 Å². The highest BCUT2D eigenvalue weighted by molar-refractivity contribution is 7.92. The Balaban J connectivity index is 1.50. The zero-order valence-electron chi connectivity index (χ0n) is 25.8. The molecule has 5 aromatic rings. The lowest BCUT2D eigenvalue weighted by Crippen LogP contribution is -2.57. The van der Waals surface area contributed by atoms with E-state index in [0.29, 0.717) is 27.9 Å². The minimum Gasteiger partial charge on any atom is -0.455 e. The molecule has 0 unspecified atom stereocenters. The van der Waals surface area contributed by atoms with Crippen molar-refractivity contribution in [3.05, 3.63) is 102 Å². The number of hydrogen-bond acceptors (Lipinski definition) is 8. The maximum atomic E-state index is 13.8. The fraction of sp³-hybridized carbons (Fsp3) is 0.235. The fourth-order valence-corrected chi connectivity index (χ4v) is 7.03. The summed E-state index contributed by atoms with van der Waals surface area (Å²) >= 11 is 0. The first-order valence-corrected chi connectivity index (χ1v) is 16.7. The Morgan fingerprint density at radius 1 is 1.02 bits per heavy atom. The summed E-state index contributed by atoms with van der Waals surface area (Å²) in [6.07, 6.45) is 4.13. The second-order valence-corrected chi connectivity index (χ2v) is 13.3. The topological polar surface area (TPSA) is 155 Å². The summed E-state index contributed by atoms with van der Waals surface area (Å²) in [5.74, 6) is -0.761. The van der Waals surface area contributed by atoms with Gasteiger partial charge in [-0.2, -0.15) is 0 Å². The van der Waals surface area contributed by atoms with Gasteiger partial charge in [-0.1, -0.05) is 12.1 Å². The van der Waals surface area contributed by atoms with Gasteiger partial charge in [-0.25, -0.2) is 22.8 Å². The van der Waals surface area contributed by atoms with Crippen LogP contribution in [-0.4, -0.2) is 61.3 Å². The first-order valence-electron chi connectivity index (χ1n) is 14.9. The average molecular weight is 658 g/mol. The van der Waals surface area contributed by atoms with E-state index in [1.165, 1.54) is 35.6 Å². The van der Waals surface area contributed by atoms with Gasteiger partial charge >= 0.3 is 0 Å². The second-order valence-electron chi connectivity index (χ2n) is 11.4. The SMILES string of the molecule is CCN(c1cc2oc(-c3ccc(F)cc3)c(C(=O)NC)c2cc1-c1cccc(C(=O)NC2(c3ncccn3)CC(O)C2)c1)S(C)(=O)=O. The van der Waals surface area contributed by atoms with E-state index in [0.717, 1.165) is 6.26 Å². The summed E-state index contributed by atoms with van der Waals surface area (Å²) in [4.78, 5) is 35.5. The summed E-state index contributed by atoms with van der Waals surface area (Å²) < 4.78 is 47.1. The Morgan fingerprint density at radius 2 is 1.72 bits per heavy atom. The summed E-state index contributed by atoms with van der Waals surface area (Å²) in [7, 11) is -2.30. The number of aliphatic hydroxyl groups is 1. The largest absolute Gasteiger partial charge is 0.455 e. The van der Waals surface area contributed by atoms with Crippen molar-refractivity contribution in [2.75, 3.05) is 24.2 Å². The molecule has 3 N–H and O–H groups in total. The fourth-order valence-electron chi connectivity index (χ4n) is 6.06. The van der Waals surface area contributed by atoms with Crippen LogP contribution in [0.15, 0.2) is 83.5 Å². The van der Waals surface area contributed by atoms with Gasteiger partial charge in [0.15, 0.2) is 5.82 Å². The molecular weight excluding hydrogens is 625 g/mol. The average Bonchev–Trinajstić information content (AvgIpc) is 3.42. The minimum absolute atomic E-state index is 0.0905. The van der Waals surface area contributed by atoms with Crippen molar-refractivity contribution >= 4 is 38.5 Å². The van der Waals surface area contributed by atoms with E-state index in [1.54, 1.807) is 61.8 Å². The third-order valence-corrected chi connectivity index (χ3v) is 9.53. The number of amides is 2. The van der Waals surface area contributed by atoms with Crippen molar-refractivity contribution in [3.63, 3.8) is 0 Å². The van der Waals surface area contributed by atoms with Crippen LogP contribution in [0.5, 0.6) is 0 Å². The first-order chi connectivity index (χ1) is 22.4. The van der Waals surface area contributed by atoms with E-state index in [2.05, 4.69) is 20.6 Å². The molecule has 1 aliphatic carbocycles. The van der Waals surface area contributed by atoms with E-state index in [4.69, 9.17) is 4.42 Å². The molecule has 1 fully saturated rings. The molecule has 2 amide bonds. The van der Waals surface area contributed by atoms with Crippen LogP contribution in [0.4, 0.5) is 10.1 Å². The normalized spacial score (nSPS) is 17.6. The Morgan fingerprint density at radius 3 is 2.34 bits per heavy atom. The van der Waals surface area contributed by atoms with Gasteiger partial charge in [0.1, 0.15) is 22.7 Å². The number of nitrogens with zero attached hydrogens (tertiary/aromatic N) is 3. The molecule has 1 saturated carbocycles. The third kappa shape index (κ3) is 5.95. The summed E-state index contributed by atoms with van der Waals surface area (Å²) in [6, 6.07) is 17.0. The summed E-state index contributed by atoms with van der Waals surface area (Å²) in [6.45, 7) is 1.78. The number of halogens is 1. The van der Waals surface area contributed by atoms with Crippen LogP contribution in [0.2, 0.25) is 0 Å². The van der Waals surface area contributed by atoms with Crippen LogP contribution in [-0.2, 0) is 15.6 Å². The van der Waals surface area contributed by atoms with Gasteiger partial charge in [0.25, 0.3) is 11.8 Å². The summed E-state index contributed by atoms with van der Waals surface area (Å²) in [5, 5.41) is 16.2. The van der Waals surface area contributed by atoms with Crippen molar-refractivity contribution in [3.8, 4) is 22.5 Å². The first kappa shape index (κ1) is 31.8. The van der Waals surface area contributed by atoms with Crippen molar-refractivity contribution in [2.45, 2.75) is 31.4 Å². The van der Waals surface area contributed by atoms with Gasteiger partial charge in [0.05, 0.1) is 23.6 Å². The standard InChI is InChI=1S/C34H32FN5O6S/c1-4-40(47(3,44)45)27-17-28-26(29(32(43)36-2)30(46-28)20-9-11-23(35)12-10-20)16-25(27)21-7-5-8-22(15-21)31(42)39-34(18-24(41)19-34)33-37-13-6-14-38-33/h5-17,24,41H,4,18-19H2,1-3H3,(H,36,43)(H,39,42). The maximum Gasteiger partial charge on any atom is 0.255 e. The predicted octanol–water partition coefficient (Wildman–Crippen LogP) is 4.62. The number of aliphatic hydroxyl groups excluding tert-OH is 1. The Bertz CT molecular complexity index is 2100. The van der Waals surface area contributed by atoms with E-state index in [9.17, 15) is 27.5 Å². The Labute approximate surface area is 270 Å². The van der Waals surface area contributed by atoms with Crippen molar-refractivity contribution in [1.82, 2.24) is 20.6 Å². The van der Waals surface area contributed by atoms with Gasteiger partial charge in [-0.05, 0) is 61.0 Å². The monoisotopic (exact) mass is 657 g/mol. The molecule has 0 aliphatic heterocycles. The molecule has 0 saturated heterocycles. The van der Waals surface area contributed by atoms with Crippen molar-refractivity contribution in [2.24, 2.45) is 0 Å². The van der Waals surface area contributed by atoms with Gasteiger partial charge in [-0.3, -0.25) is 13.9 Å². The van der Waals surface area contributed by atoms with Crippen LogP contribution in [0, 0.1) is 5.82 Å². The molecule has 6 rings (SSSR count). The highest BCUT2D eigenvalue weighted by Gasteiger charge is 2.48. The third-order valence-electron chi connectivity index (χ3n) is 8.27. The lowest BCUT2D eigenvalue weighted by Gasteiger charge is -2.44. The van der Waals surface area contributed by atoms with Crippen LogP contribution >= 0.6 is 0 Å². The number of aromatic nitrogens is 2. The van der Waals surface area contributed by atoms with E-state index >= 15 is 0 Å². The number of carbonyl (C=O) groups excluding carboxylic acids is 2. The quantitative estimate of drug-likeness (QED) is 0.208. The molecule has 2 heterocycles. The highest BCUT2D eigenvalue weighted by atomic mass is 32.2. The molecule has 0 spiro atoms. The lowest BCUT2D eigenvalue weighted by molar-refractivity contribution is -0.00344. The number of rotatable bonds is 9. The second kappa shape index (κ2) is 12.2. The Hall–Kier alpha value is -5.14. The maximum absolute atomic E-state index is 13.8. The molecule has 0 atom stereocenters. The molecular formula is C34H32FN5O6S. The molecule has 0 bridgehead atoms. The van der Waals surface area contributed by atoms with Crippen molar-refractivity contribution in [1.29, 1.82) is 0 Å². The highest BCUT2D eigenvalue weighted by Crippen LogP contribution is 2.43. The van der Waals surface area contributed by atoms with E-state index < -0.39 is 39.3 Å². The summed E-state index contributed by atoms with van der Waals surface area (Å²) in [5.41, 5.74) is 1.42. The number of nitrogens with one attached hydrogen (secondary N) is 2. The number of anilines is 1. The molecule has 242 valence electrons. The molecule has 11 nitrogen and oxygen atoms in total. The number of furan rings is 1. The van der Waals surface area contributed by atoms with Crippen LogP contribution in [0.1, 0.15) is 46.3 Å². The molecule has 3 aromatic carbocycles. The van der Waals surface area contributed by atoms with Gasteiger partial charge in [-0.15, -0.1) is 0 Å². The predicted molar refractivity (Wildman–Crippen MR) is 175 cm³/mol. The smallest absolute Gasteiger partial charge is 0.255 e. The molecule has 0 radical (unpaired) electrons. The van der Waals surface area contributed by atoms with Crippen LogP contribution in [0.25, 0.3) is 33.4 Å². The van der Waals surface area contributed by atoms with Gasteiger partial charge in [0, 0.05) is 67.0 Å². The number of benzene rings is 3. The number of hydrogen-bond donors (Lipinski definition) is 3. The number of carbonyl (C=O) groups is 2. The zero-order chi connectivity index (χ0) is 33.5. The van der Waals surface area contributed by atoms with Gasteiger partial charge < -0.3 is 20.2 Å². The molecule has 2 aromatic heterocycles. The molecule has 1 aliphatic rings. The minimum atomic E-state index is -3.78.